The summed E-state index contributed by atoms with van der Waals surface area (Å²) in [5, 5.41) is 25.8. The Morgan fingerprint density at radius 1 is 1.18 bits per heavy atom. The van der Waals surface area contributed by atoms with Crippen LogP contribution >= 0.6 is 11.8 Å². The number of pyridine rings is 2. The molecule has 0 saturated carbocycles. The molecule has 2 fully saturated rings. The van der Waals surface area contributed by atoms with Gasteiger partial charge in [0.05, 0.1) is 17.5 Å². The monoisotopic (exact) mass is 559 g/mol. The summed E-state index contributed by atoms with van der Waals surface area (Å²) in [5.41, 5.74) is -0.149. The number of benzene rings is 1. The van der Waals surface area contributed by atoms with E-state index in [0.29, 0.717) is 5.52 Å². The van der Waals surface area contributed by atoms with Crippen LogP contribution in [0.1, 0.15) is 35.8 Å². The maximum absolute atomic E-state index is 13.4. The van der Waals surface area contributed by atoms with Gasteiger partial charge < -0.3 is 35.5 Å². The number of carboxylic acids is 1. The molecule has 3 amide bonds. The number of aromatic amines is 1. The first-order chi connectivity index (χ1) is 18.0. The molecule has 1 aromatic carbocycles. The third kappa shape index (κ3) is 5.02. The fraction of sp³-hybridized carbons (Fsp3) is 0.280. The van der Waals surface area contributed by atoms with E-state index in [2.05, 4.69) is 20.6 Å². The summed E-state index contributed by atoms with van der Waals surface area (Å²) in [5.74, 6) is -3.65. The van der Waals surface area contributed by atoms with Gasteiger partial charge in [-0.1, -0.05) is 12.1 Å². The standard InChI is InChI=1S/C25H23N5O7S.Na/c1-25(2)19(24(36)37)30-22(35)17(23(30)38-25)29-21(34)15(11-5-7-12(31)8-6-11)28-20(33)13-10-27-14-4-3-9-26-16(14)18(13)32;/h3-10,15,17,19,23,31H,1-2H3,(H,27,32)(H,28,33)(H,29,34)(H,36,37);/q;+1/p-1/t15?,17?,19-,23+;/m0./s1. The quantitative estimate of drug-likeness (QED) is 0.175. The molecule has 0 radical (unpaired) electrons. The molecule has 14 heteroatoms. The molecule has 4 heterocycles. The molecule has 2 unspecified atom stereocenters. The average molecular weight is 560 g/mol. The number of phenolic OH excluding ortho intramolecular Hbond substituents is 1. The molecule has 0 spiro atoms. The number of amides is 3. The van der Waals surface area contributed by atoms with Crippen LogP contribution in [0.5, 0.6) is 5.75 Å². The van der Waals surface area contributed by atoms with Gasteiger partial charge in [0.25, 0.3) is 5.91 Å². The Morgan fingerprint density at radius 3 is 2.54 bits per heavy atom. The van der Waals surface area contributed by atoms with Crippen LogP contribution in [-0.4, -0.2) is 65.9 Å². The number of carbonyl (C=O) groups is 4. The number of nitrogens with zero attached hydrogens (tertiary/aromatic N) is 2. The van der Waals surface area contributed by atoms with E-state index >= 15 is 0 Å². The van der Waals surface area contributed by atoms with Crippen molar-refractivity contribution in [2.45, 2.75) is 42.1 Å². The van der Waals surface area contributed by atoms with Gasteiger partial charge >= 0.3 is 29.6 Å². The number of carbonyl (C=O) groups excluding carboxylic acids is 4. The Labute approximate surface area is 247 Å². The minimum Gasteiger partial charge on any atom is -0.548 e. The first-order valence-electron chi connectivity index (χ1n) is 11.6. The number of thioether (sulfide) groups is 1. The van der Waals surface area contributed by atoms with Crippen molar-refractivity contribution >= 4 is 46.5 Å². The summed E-state index contributed by atoms with van der Waals surface area (Å²) in [6.07, 6.45) is 2.64. The predicted molar refractivity (Wildman–Crippen MR) is 134 cm³/mol. The Kier molecular flexibility index (Phi) is 7.81. The van der Waals surface area contributed by atoms with Crippen molar-refractivity contribution in [2.24, 2.45) is 0 Å². The van der Waals surface area contributed by atoms with Gasteiger partial charge in [0.15, 0.2) is 0 Å². The number of rotatable bonds is 6. The second-order valence-electron chi connectivity index (χ2n) is 9.49. The van der Waals surface area contributed by atoms with Crippen LogP contribution in [0, 0.1) is 0 Å². The predicted octanol–water partition coefficient (Wildman–Crippen LogP) is -3.60. The first kappa shape index (κ1) is 28.6. The molecule has 2 aliphatic rings. The zero-order valence-electron chi connectivity index (χ0n) is 21.1. The summed E-state index contributed by atoms with van der Waals surface area (Å²) in [6, 6.07) is 5.21. The molecular weight excluding hydrogens is 537 g/mol. The molecule has 5 rings (SSSR count). The van der Waals surface area contributed by atoms with Crippen LogP contribution in [0.25, 0.3) is 11.0 Å². The van der Waals surface area contributed by atoms with Crippen molar-refractivity contribution in [1.29, 1.82) is 0 Å². The molecule has 2 aromatic heterocycles. The van der Waals surface area contributed by atoms with Crippen LogP contribution < -0.4 is 50.7 Å². The second-order valence-corrected chi connectivity index (χ2v) is 11.3. The van der Waals surface area contributed by atoms with Crippen molar-refractivity contribution in [1.82, 2.24) is 25.5 Å². The molecule has 3 aromatic rings. The Hall–Kier alpha value is -3.39. The van der Waals surface area contributed by atoms with Crippen molar-refractivity contribution in [2.75, 3.05) is 0 Å². The summed E-state index contributed by atoms with van der Waals surface area (Å²) in [7, 11) is 0. The second kappa shape index (κ2) is 10.6. The number of β-lactam (4-membered cyclic amide) rings is 1. The van der Waals surface area contributed by atoms with Crippen molar-refractivity contribution in [3.63, 3.8) is 0 Å². The van der Waals surface area contributed by atoms with Gasteiger partial charge in [0, 0.05) is 17.1 Å². The molecule has 0 bridgehead atoms. The zero-order chi connectivity index (χ0) is 27.4. The maximum atomic E-state index is 13.4. The molecule has 2 saturated heterocycles. The fourth-order valence-electron chi connectivity index (χ4n) is 4.75. The Balaban J connectivity index is 0.00000353. The smallest absolute Gasteiger partial charge is 0.548 e. The van der Waals surface area contributed by atoms with E-state index in [9.17, 15) is 34.2 Å². The number of phenols is 1. The van der Waals surface area contributed by atoms with Crippen LogP contribution in [0.15, 0.2) is 53.6 Å². The van der Waals surface area contributed by atoms with E-state index in [1.165, 1.54) is 53.3 Å². The van der Waals surface area contributed by atoms with E-state index in [0.717, 1.165) is 0 Å². The van der Waals surface area contributed by atoms with E-state index < -0.39 is 57.4 Å². The largest absolute Gasteiger partial charge is 1.00 e. The molecule has 12 nitrogen and oxygen atoms in total. The molecule has 4 N–H and O–H groups in total. The van der Waals surface area contributed by atoms with Crippen LogP contribution in [0.4, 0.5) is 0 Å². The molecular formula is C25H22N5NaO7S. The molecule has 196 valence electrons. The maximum Gasteiger partial charge on any atom is 1.00 e. The van der Waals surface area contributed by atoms with Crippen LogP contribution in [0.3, 0.4) is 0 Å². The summed E-state index contributed by atoms with van der Waals surface area (Å²) in [6.45, 7) is 3.36. The van der Waals surface area contributed by atoms with E-state index in [1.54, 1.807) is 26.0 Å². The van der Waals surface area contributed by atoms with Gasteiger partial charge in [-0.05, 0) is 43.7 Å². The summed E-state index contributed by atoms with van der Waals surface area (Å²) < 4.78 is -0.839. The van der Waals surface area contributed by atoms with Crippen molar-refractivity contribution in [3.05, 3.63) is 70.1 Å². The van der Waals surface area contributed by atoms with E-state index in [1.807, 2.05) is 0 Å². The van der Waals surface area contributed by atoms with Crippen LogP contribution in [0.2, 0.25) is 0 Å². The summed E-state index contributed by atoms with van der Waals surface area (Å²) >= 11 is 1.23. The van der Waals surface area contributed by atoms with Gasteiger partial charge in [0.2, 0.25) is 17.2 Å². The van der Waals surface area contributed by atoms with Gasteiger partial charge in [-0.15, -0.1) is 11.8 Å². The van der Waals surface area contributed by atoms with E-state index in [4.69, 9.17) is 0 Å². The molecule has 4 atom stereocenters. The minimum atomic E-state index is -1.38. The zero-order valence-corrected chi connectivity index (χ0v) is 23.9. The van der Waals surface area contributed by atoms with Crippen molar-refractivity contribution < 1.29 is 58.9 Å². The fourth-order valence-corrected chi connectivity index (χ4v) is 6.37. The van der Waals surface area contributed by atoms with Gasteiger partial charge in [-0.2, -0.15) is 0 Å². The topological polar surface area (TPSA) is 185 Å². The SMILES string of the molecule is CC1(C)S[C@@H]2C(NC(=O)C(NC(=O)c3c[nH]c4cccnc4c3=O)c3ccc(O)cc3)C(=O)N2[C@H]1C(=O)[O-].[Na+]. The molecule has 39 heavy (non-hydrogen) atoms. The van der Waals surface area contributed by atoms with Gasteiger partial charge in [0.1, 0.15) is 34.3 Å². The first-order valence-corrected chi connectivity index (χ1v) is 12.4. The normalized spacial score (nSPS) is 21.7. The number of aromatic nitrogens is 2. The number of hydrogen-bond acceptors (Lipinski definition) is 9. The minimum absolute atomic E-state index is 0. The number of carboxylic acid groups (broad SMARTS) is 1. The number of aromatic hydroxyl groups is 1. The third-order valence-electron chi connectivity index (χ3n) is 6.61. The molecule has 2 aliphatic heterocycles. The molecule has 0 aliphatic carbocycles. The van der Waals surface area contributed by atoms with E-state index in [-0.39, 0.29) is 52.0 Å². The van der Waals surface area contributed by atoms with Crippen molar-refractivity contribution in [3.8, 4) is 5.75 Å². The number of H-pyrrole nitrogens is 1. The summed E-state index contributed by atoms with van der Waals surface area (Å²) in [4.78, 5) is 71.9. The Morgan fingerprint density at radius 2 is 1.87 bits per heavy atom. The average Bonchev–Trinajstić information content (AvgIpc) is 3.14. The number of aliphatic carboxylic acids is 1. The number of nitrogens with one attached hydrogen (secondary N) is 3. The Bertz CT molecular complexity index is 1540. The number of fused-ring (bicyclic) bond motifs is 2. The number of hydrogen-bond donors (Lipinski definition) is 4. The van der Waals surface area contributed by atoms with Gasteiger partial charge in [-0.25, -0.2) is 0 Å². The third-order valence-corrected chi connectivity index (χ3v) is 8.18. The van der Waals surface area contributed by atoms with Gasteiger partial charge in [-0.3, -0.25) is 24.2 Å². The van der Waals surface area contributed by atoms with Crippen LogP contribution in [-0.2, 0) is 14.4 Å².